The molecule has 0 saturated heterocycles. The molecule has 1 aromatic heterocycles. The Morgan fingerprint density at radius 3 is 2.37 bits per heavy atom. The van der Waals surface area contributed by atoms with Crippen molar-refractivity contribution in [1.29, 1.82) is 0 Å². The Hall–Kier alpha value is -1.56. The predicted octanol–water partition coefficient (Wildman–Crippen LogP) is 4.93. The number of guanidine groups is 1. The van der Waals surface area contributed by atoms with Gasteiger partial charge in [0, 0.05) is 29.4 Å². The lowest BCUT2D eigenvalue weighted by atomic mass is 9.98. The molecule has 10 heteroatoms. The Kier molecular flexibility index (Phi) is 8.33. The SMILES string of the molecule is CC(C)(C)c1nc(CCN=C(N)Nc2ccc(OC(F)(F)F)cc2)cs1.I. The van der Waals surface area contributed by atoms with Crippen molar-refractivity contribution < 1.29 is 17.9 Å². The zero-order valence-electron chi connectivity index (χ0n) is 15.1. The molecule has 0 aliphatic rings. The van der Waals surface area contributed by atoms with Gasteiger partial charge in [-0.15, -0.1) is 48.5 Å². The van der Waals surface area contributed by atoms with Gasteiger partial charge in [-0.1, -0.05) is 20.8 Å². The number of nitrogens with two attached hydrogens (primary N) is 1. The van der Waals surface area contributed by atoms with E-state index in [9.17, 15) is 13.2 Å². The number of aliphatic imine (C=N–C) groups is 1. The Morgan fingerprint density at radius 2 is 1.85 bits per heavy atom. The van der Waals surface area contributed by atoms with Crippen LogP contribution < -0.4 is 15.8 Å². The molecular weight excluding hydrogens is 492 g/mol. The second-order valence-electron chi connectivity index (χ2n) is 6.61. The molecule has 0 radical (unpaired) electrons. The molecule has 0 saturated carbocycles. The number of benzene rings is 1. The largest absolute Gasteiger partial charge is 0.573 e. The minimum absolute atomic E-state index is 0. The van der Waals surface area contributed by atoms with Crippen LogP contribution in [-0.2, 0) is 11.8 Å². The number of ether oxygens (including phenoxy) is 1. The van der Waals surface area contributed by atoms with Crippen LogP contribution in [-0.4, -0.2) is 23.9 Å². The molecule has 5 nitrogen and oxygen atoms in total. The molecule has 2 rings (SSSR count). The maximum Gasteiger partial charge on any atom is 0.573 e. The minimum Gasteiger partial charge on any atom is -0.406 e. The molecule has 27 heavy (non-hydrogen) atoms. The van der Waals surface area contributed by atoms with Crippen molar-refractivity contribution in [2.24, 2.45) is 10.7 Å². The molecule has 150 valence electrons. The molecule has 3 N–H and O–H groups in total. The smallest absolute Gasteiger partial charge is 0.406 e. The summed E-state index contributed by atoms with van der Waals surface area (Å²) in [4.78, 5) is 8.79. The zero-order valence-corrected chi connectivity index (χ0v) is 18.3. The highest BCUT2D eigenvalue weighted by Crippen LogP contribution is 2.26. The van der Waals surface area contributed by atoms with Crippen molar-refractivity contribution in [3.63, 3.8) is 0 Å². The summed E-state index contributed by atoms with van der Waals surface area (Å²) in [6.45, 7) is 6.80. The quantitative estimate of drug-likeness (QED) is 0.338. The number of rotatable bonds is 5. The first-order valence-corrected chi connectivity index (χ1v) is 8.78. The van der Waals surface area contributed by atoms with E-state index < -0.39 is 6.36 Å². The van der Waals surface area contributed by atoms with Gasteiger partial charge in [-0.2, -0.15) is 0 Å². The van der Waals surface area contributed by atoms with Crippen LogP contribution in [0.3, 0.4) is 0 Å². The number of thiazole rings is 1. The normalized spacial score (nSPS) is 12.4. The second-order valence-corrected chi connectivity index (χ2v) is 7.47. The molecule has 2 aromatic rings. The van der Waals surface area contributed by atoms with Crippen LogP contribution in [0.25, 0.3) is 0 Å². The summed E-state index contributed by atoms with van der Waals surface area (Å²) >= 11 is 1.62. The molecular formula is C17H22F3IN4OS. The molecule has 1 aromatic carbocycles. The van der Waals surface area contributed by atoms with Gasteiger partial charge >= 0.3 is 6.36 Å². The summed E-state index contributed by atoms with van der Waals surface area (Å²) in [5.41, 5.74) is 7.30. The molecule has 0 aliphatic carbocycles. The minimum atomic E-state index is -4.71. The highest BCUT2D eigenvalue weighted by molar-refractivity contribution is 14.0. The fourth-order valence-electron chi connectivity index (χ4n) is 1.98. The van der Waals surface area contributed by atoms with Crippen LogP contribution in [0.4, 0.5) is 18.9 Å². The molecule has 0 amide bonds. The number of hydrogen-bond acceptors (Lipinski definition) is 4. The van der Waals surface area contributed by atoms with Gasteiger partial charge in [-0.3, -0.25) is 4.99 Å². The highest BCUT2D eigenvalue weighted by Gasteiger charge is 2.30. The first kappa shape index (κ1) is 23.5. The van der Waals surface area contributed by atoms with Gasteiger partial charge in [0.2, 0.25) is 0 Å². The van der Waals surface area contributed by atoms with Crippen LogP contribution in [0.2, 0.25) is 0 Å². The van der Waals surface area contributed by atoms with Gasteiger partial charge in [0.15, 0.2) is 5.96 Å². The summed E-state index contributed by atoms with van der Waals surface area (Å²) in [6.07, 6.45) is -4.05. The standard InChI is InChI=1S/C17H21F3N4OS.HI/c1-16(2,3)14-23-12(10-26-14)8-9-22-15(21)24-11-4-6-13(7-5-11)25-17(18,19)20;/h4-7,10H,8-9H2,1-3H3,(H3,21,22,24);1H. The molecule has 0 atom stereocenters. The molecule has 1 heterocycles. The van der Waals surface area contributed by atoms with Crippen LogP contribution in [0.5, 0.6) is 5.75 Å². The number of anilines is 1. The van der Waals surface area contributed by atoms with Gasteiger partial charge in [0.05, 0.1) is 10.7 Å². The third kappa shape index (κ3) is 8.33. The van der Waals surface area contributed by atoms with E-state index in [0.29, 0.717) is 18.7 Å². The third-order valence-corrected chi connectivity index (χ3v) is 4.52. The van der Waals surface area contributed by atoms with Gasteiger partial charge < -0.3 is 15.8 Å². The Bertz CT molecular complexity index is 755. The fraction of sp³-hybridized carbons (Fsp3) is 0.412. The van der Waals surface area contributed by atoms with Crippen molar-refractivity contribution in [2.45, 2.75) is 39.0 Å². The van der Waals surface area contributed by atoms with E-state index in [1.165, 1.54) is 24.3 Å². The Morgan fingerprint density at radius 1 is 1.22 bits per heavy atom. The zero-order chi connectivity index (χ0) is 19.4. The second kappa shape index (κ2) is 9.58. The van der Waals surface area contributed by atoms with Crippen LogP contribution in [0, 0.1) is 0 Å². The molecule has 0 fully saturated rings. The van der Waals surface area contributed by atoms with E-state index in [-0.39, 0.29) is 41.1 Å². The van der Waals surface area contributed by atoms with E-state index in [2.05, 4.69) is 40.8 Å². The maximum absolute atomic E-state index is 12.1. The number of aromatic nitrogens is 1. The number of nitrogens with one attached hydrogen (secondary N) is 1. The maximum atomic E-state index is 12.1. The van der Waals surface area contributed by atoms with E-state index in [0.717, 1.165) is 10.7 Å². The van der Waals surface area contributed by atoms with Crippen LogP contribution in [0.15, 0.2) is 34.6 Å². The molecule has 0 spiro atoms. The summed E-state index contributed by atoms with van der Waals surface area (Å²) in [7, 11) is 0. The van der Waals surface area contributed by atoms with Crippen LogP contribution in [0.1, 0.15) is 31.5 Å². The predicted molar refractivity (Wildman–Crippen MR) is 113 cm³/mol. The van der Waals surface area contributed by atoms with Crippen molar-refractivity contribution >= 4 is 47.0 Å². The van der Waals surface area contributed by atoms with Gasteiger partial charge in [-0.05, 0) is 24.3 Å². The Balaban J connectivity index is 0.00000364. The van der Waals surface area contributed by atoms with E-state index in [1.54, 1.807) is 11.3 Å². The molecule has 0 aliphatic heterocycles. The average molecular weight is 514 g/mol. The summed E-state index contributed by atoms with van der Waals surface area (Å²) in [5, 5.41) is 5.91. The first-order chi connectivity index (χ1) is 12.0. The number of nitrogens with zero attached hydrogens (tertiary/aromatic N) is 2. The highest BCUT2D eigenvalue weighted by atomic mass is 127. The summed E-state index contributed by atoms with van der Waals surface area (Å²) < 4.78 is 40.2. The molecule has 0 bridgehead atoms. The van der Waals surface area contributed by atoms with Crippen molar-refractivity contribution in [3.05, 3.63) is 40.3 Å². The number of hydrogen-bond donors (Lipinski definition) is 2. The fourth-order valence-corrected chi connectivity index (χ4v) is 2.93. The lowest BCUT2D eigenvalue weighted by Gasteiger charge is -2.13. The van der Waals surface area contributed by atoms with Crippen molar-refractivity contribution in [2.75, 3.05) is 11.9 Å². The first-order valence-electron chi connectivity index (χ1n) is 7.90. The third-order valence-electron chi connectivity index (χ3n) is 3.20. The van der Waals surface area contributed by atoms with Crippen LogP contribution >= 0.6 is 35.3 Å². The Labute approximate surface area is 177 Å². The van der Waals surface area contributed by atoms with Crippen molar-refractivity contribution in [3.8, 4) is 5.75 Å². The van der Waals surface area contributed by atoms with E-state index >= 15 is 0 Å². The van der Waals surface area contributed by atoms with Crippen molar-refractivity contribution in [1.82, 2.24) is 4.98 Å². The number of halogens is 4. The topological polar surface area (TPSA) is 72.5 Å². The van der Waals surface area contributed by atoms with Gasteiger partial charge in [0.1, 0.15) is 5.75 Å². The lowest BCUT2D eigenvalue weighted by molar-refractivity contribution is -0.274. The lowest BCUT2D eigenvalue weighted by Crippen LogP contribution is -2.23. The monoisotopic (exact) mass is 514 g/mol. The summed E-state index contributed by atoms with van der Waals surface area (Å²) in [5.74, 6) is -0.113. The van der Waals surface area contributed by atoms with Gasteiger partial charge in [-0.25, -0.2) is 4.98 Å². The van der Waals surface area contributed by atoms with Gasteiger partial charge in [0.25, 0.3) is 0 Å². The number of alkyl halides is 3. The molecule has 0 unspecified atom stereocenters. The van der Waals surface area contributed by atoms with E-state index in [1.807, 2.05) is 5.38 Å². The average Bonchev–Trinajstić information content (AvgIpc) is 2.97. The van der Waals surface area contributed by atoms with E-state index in [4.69, 9.17) is 5.73 Å². The summed E-state index contributed by atoms with van der Waals surface area (Å²) in [6, 6.07) is 5.26.